The smallest absolute Gasteiger partial charge is 0.139 e. The van der Waals surface area contributed by atoms with Gasteiger partial charge in [0.15, 0.2) is 0 Å². The van der Waals surface area contributed by atoms with Crippen LogP contribution in [0.3, 0.4) is 0 Å². The molecule has 2 N–H and O–H groups in total. The third-order valence-electron chi connectivity index (χ3n) is 3.07. The molecule has 0 bridgehead atoms. The quantitative estimate of drug-likeness (QED) is 0.735. The maximum atomic E-state index is 6.12. The number of rotatable bonds is 1. The zero-order valence-electron chi connectivity index (χ0n) is 8.20. The second-order valence-electron chi connectivity index (χ2n) is 4.22. The van der Waals surface area contributed by atoms with Crippen LogP contribution >= 0.6 is 0 Å². The lowest BCUT2D eigenvalue weighted by Crippen LogP contribution is -2.18. The van der Waals surface area contributed by atoms with Crippen LogP contribution in [-0.4, -0.2) is 9.55 Å². The number of pyridine rings is 1. The first-order valence-electron chi connectivity index (χ1n) is 4.89. The van der Waals surface area contributed by atoms with Gasteiger partial charge in [-0.15, -0.1) is 0 Å². The molecule has 1 saturated carbocycles. The minimum atomic E-state index is -0.0724. The lowest BCUT2D eigenvalue weighted by Gasteiger charge is -2.08. The maximum absolute atomic E-state index is 6.12. The summed E-state index contributed by atoms with van der Waals surface area (Å²) in [6.07, 6.45) is 6.12. The van der Waals surface area contributed by atoms with Crippen molar-refractivity contribution in [1.82, 2.24) is 9.55 Å². The molecule has 14 heavy (non-hydrogen) atoms. The zero-order chi connectivity index (χ0) is 9.76. The largest absolute Gasteiger partial charge is 0.336 e. The summed E-state index contributed by atoms with van der Waals surface area (Å²) in [7, 11) is 2.00. The van der Waals surface area contributed by atoms with Gasteiger partial charge in [0.25, 0.3) is 0 Å². The molecule has 1 aliphatic rings. The highest BCUT2D eigenvalue weighted by Crippen LogP contribution is 2.42. The summed E-state index contributed by atoms with van der Waals surface area (Å²) in [5.74, 6) is 0. The average molecular weight is 187 g/mol. The van der Waals surface area contributed by atoms with E-state index in [9.17, 15) is 0 Å². The number of aromatic nitrogens is 2. The predicted molar refractivity (Wildman–Crippen MR) is 55.8 cm³/mol. The van der Waals surface area contributed by atoms with Crippen LogP contribution in [-0.2, 0) is 12.6 Å². The van der Waals surface area contributed by atoms with Crippen LogP contribution in [0.4, 0.5) is 0 Å². The van der Waals surface area contributed by atoms with Crippen molar-refractivity contribution in [3.05, 3.63) is 30.1 Å². The molecule has 3 rings (SSSR count). The van der Waals surface area contributed by atoms with E-state index in [2.05, 4.69) is 17.1 Å². The number of fused-ring (bicyclic) bond motifs is 1. The van der Waals surface area contributed by atoms with Gasteiger partial charge in [0.1, 0.15) is 5.65 Å². The summed E-state index contributed by atoms with van der Waals surface area (Å²) in [6.45, 7) is 0. The van der Waals surface area contributed by atoms with Crippen LogP contribution in [0.5, 0.6) is 0 Å². The molecule has 2 heterocycles. The molecule has 2 aromatic rings. The normalized spacial score (nSPS) is 18.7. The van der Waals surface area contributed by atoms with Crippen molar-refractivity contribution in [3.63, 3.8) is 0 Å². The molecule has 0 radical (unpaired) electrons. The second-order valence-corrected chi connectivity index (χ2v) is 4.22. The summed E-state index contributed by atoms with van der Waals surface area (Å²) in [5, 5.41) is 1.18. The van der Waals surface area contributed by atoms with Gasteiger partial charge < -0.3 is 10.3 Å². The molecular formula is C11H13N3. The molecule has 1 aliphatic carbocycles. The zero-order valence-corrected chi connectivity index (χ0v) is 8.20. The fourth-order valence-corrected chi connectivity index (χ4v) is 1.85. The van der Waals surface area contributed by atoms with E-state index in [1.165, 1.54) is 10.9 Å². The minimum absolute atomic E-state index is 0.0724. The summed E-state index contributed by atoms with van der Waals surface area (Å²) in [4.78, 5) is 4.43. The van der Waals surface area contributed by atoms with Crippen molar-refractivity contribution in [2.45, 2.75) is 18.4 Å². The second kappa shape index (κ2) is 2.36. The Morgan fingerprint density at radius 3 is 3.00 bits per heavy atom. The van der Waals surface area contributed by atoms with Gasteiger partial charge >= 0.3 is 0 Å². The average Bonchev–Trinajstić information content (AvgIpc) is 2.84. The highest BCUT2D eigenvalue weighted by atomic mass is 15.0. The first-order valence-corrected chi connectivity index (χ1v) is 4.89. The third kappa shape index (κ3) is 0.990. The van der Waals surface area contributed by atoms with Crippen molar-refractivity contribution in [2.75, 3.05) is 0 Å². The first kappa shape index (κ1) is 8.00. The Labute approximate surface area is 82.5 Å². The first-order chi connectivity index (χ1) is 6.69. The van der Waals surface area contributed by atoms with Crippen LogP contribution in [0.15, 0.2) is 24.5 Å². The summed E-state index contributed by atoms with van der Waals surface area (Å²) in [6, 6.07) is 4.24. The predicted octanol–water partition coefficient (Wildman–Crippen LogP) is 1.52. The van der Waals surface area contributed by atoms with Crippen LogP contribution in [0.1, 0.15) is 18.4 Å². The lowest BCUT2D eigenvalue weighted by molar-refractivity contribution is 0.736. The molecule has 3 nitrogen and oxygen atoms in total. The van der Waals surface area contributed by atoms with Gasteiger partial charge in [0.05, 0.1) is 0 Å². The Kier molecular flexibility index (Phi) is 1.35. The maximum Gasteiger partial charge on any atom is 0.139 e. The van der Waals surface area contributed by atoms with Gasteiger partial charge in [-0.05, 0) is 30.5 Å². The van der Waals surface area contributed by atoms with Crippen molar-refractivity contribution in [1.29, 1.82) is 0 Å². The fraction of sp³-hybridized carbons (Fsp3) is 0.364. The van der Waals surface area contributed by atoms with Crippen LogP contribution < -0.4 is 5.73 Å². The van der Waals surface area contributed by atoms with E-state index in [4.69, 9.17) is 5.73 Å². The van der Waals surface area contributed by atoms with E-state index < -0.39 is 0 Å². The molecule has 3 heteroatoms. The van der Waals surface area contributed by atoms with Crippen molar-refractivity contribution in [2.24, 2.45) is 12.8 Å². The fourth-order valence-electron chi connectivity index (χ4n) is 1.85. The Morgan fingerprint density at radius 1 is 1.50 bits per heavy atom. The molecular weight excluding hydrogens is 174 g/mol. The van der Waals surface area contributed by atoms with E-state index in [0.29, 0.717) is 0 Å². The Balaban J connectivity index is 2.21. The van der Waals surface area contributed by atoms with Crippen LogP contribution in [0.25, 0.3) is 11.0 Å². The molecule has 0 amide bonds. The van der Waals surface area contributed by atoms with Gasteiger partial charge in [-0.1, -0.05) is 0 Å². The summed E-state index contributed by atoms with van der Waals surface area (Å²) in [5.41, 5.74) is 8.25. The molecule has 0 saturated heterocycles. The number of aryl methyl sites for hydroxylation is 1. The molecule has 1 fully saturated rings. The van der Waals surface area contributed by atoms with E-state index >= 15 is 0 Å². The number of nitrogens with two attached hydrogens (primary N) is 1. The molecule has 0 spiro atoms. The summed E-state index contributed by atoms with van der Waals surface area (Å²) >= 11 is 0. The van der Waals surface area contributed by atoms with Crippen LogP contribution in [0.2, 0.25) is 0 Å². The Bertz CT molecular complexity index is 494. The monoisotopic (exact) mass is 187 g/mol. The number of hydrogen-bond acceptors (Lipinski definition) is 2. The van der Waals surface area contributed by atoms with Gasteiger partial charge in [0.2, 0.25) is 0 Å². The SMILES string of the molecule is Cn1ccc2cc(C3(N)CC3)cnc21. The molecule has 2 aromatic heterocycles. The van der Waals surface area contributed by atoms with Gasteiger partial charge in [-0.3, -0.25) is 0 Å². The van der Waals surface area contributed by atoms with E-state index in [1.807, 2.05) is 24.0 Å². The molecule has 0 atom stereocenters. The Hall–Kier alpha value is -1.35. The van der Waals surface area contributed by atoms with E-state index in [1.54, 1.807) is 0 Å². The highest BCUT2D eigenvalue weighted by molar-refractivity contribution is 5.77. The third-order valence-corrected chi connectivity index (χ3v) is 3.07. The minimum Gasteiger partial charge on any atom is -0.336 e. The highest BCUT2D eigenvalue weighted by Gasteiger charge is 2.40. The van der Waals surface area contributed by atoms with Gasteiger partial charge in [-0.25, -0.2) is 4.98 Å². The lowest BCUT2D eigenvalue weighted by atomic mass is 10.1. The van der Waals surface area contributed by atoms with Crippen molar-refractivity contribution in [3.8, 4) is 0 Å². The van der Waals surface area contributed by atoms with Crippen molar-refractivity contribution >= 4 is 11.0 Å². The Morgan fingerprint density at radius 2 is 2.29 bits per heavy atom. The van der Waals surface area contributed by atoms with Crippen molar-refractivity contribution < 1.29 is 0 Å². The van der Waals surface area contributed by atoms with Gasteiger partial charge in [0, 0.05) is 30.4 Å². The van der Waals surface area contributed by atoms with Gasteiger partial charge in [-0.2, -0.15) is 0 Å². The number of nitrogens with zero attached hydrogens (tertiary/aromatic N) is 2. The number of hydrogen-bond donors (Lipinski definition) is 1. The molecule has 0 aliphatic heterocycles. The molecule has 0 unspecified atom stereocenters. The molecule has 0 aromatic carbocycles. The topological polar surface area (TPSA) is 43.8 Å². The standard InChI is InChI=1S/C11H13N3/c1-14-5-2-8-6-9(7-13-10(8)14)11(12)3-4-11/h2,5-7H,3-4,12H2,1H3. The van der Waals surface area contributed by atoms with Crippen LogP contribution in [0, 0.1) is 0 Å². The van der Waals surface area contributed by atoms with E-state index in [0.717, 1.165) is 18.5 Å². The molecule has 72 valence electrons. The van der Waals surface area contributed by atoms with E-state index in [-0.39, 0.29) is 5.54 Å². The summed E-state index contributed by atoms with van der Waals surface area (Å²) < 4.78 is 2.02.